The number of fused-ring (bicyclic) bond motifs is 1. The maximum atomic E-state index is 12.4. The molecule has 6 nitrogen and oxygen atoms in total. The fourth-order valence-corrected chi connectivity index (χ4v) is 3.55. The summed E-state index contributed by atoms with van der Waals surface area (Å²) in [5, 5.41) is 7.31. The van der Waals surface area contributed by atoms with Crippen LogP contribution in [0.1, 0.15) is 37.3 Å². The van der Waals surface area contributed by atoms with Crippen molar-refractivity contribution >= 4 is 16.9 Å². The second-order valence-electron chi connectivity index (χ2n) is 6.91. The third kappa shape index (κ3) is 3.90. The van der Waals surface area contributed by atoms with Crippen molar-refractivity contribution in [1.82, 2.24) is 10.6 Å². The Labute approximate surface area is 152 Å². The lowest BCUT2D eigenvalue weighted by atomic mass is 9.99. The van der Waals surface area contributed by atoms with E-state index in [9.17, 15) is 9.59 Å². The first-order valence-corrected chi connectivity index (χ1v) is 9.12. The molecule has 1 aromatic heterocycles. The Kier molecular flexibility index (Phi) is 5.61. The van der Waals surface area contributed by atoms with Crippen molar-refractivity contribution in [3.8, 4) is 5.75 Å². The molecule has 1 aliphatic rings. The SMILES string of the molecule is COc1ccc2c(C)c(CCC(=O)NC3CCCNC3C)c(=O)oc2c1. The van der Waals surface area contributed by atoms with E-state index in [0.717, 1.165) is 30.3 Å². The molecule has 1 amide bonds. The van der Waals surface area contributed by atoms with Crippen LogP contribution in [0, 0.1) is 6.92 Å². The molecule has 1 fully saturated rings. The topological polar surface area (TPSA) is 80.6 Å². The normalized spacial score (nSPS) is 20.1. The van der Waals surface area contributed by atoms with E-state index in [1.165, 1.54) is 0 Å². The van der Waals surface area contributed by atoms with Crippen LogP contribution >= 0.6 is 0 Å². The van der Waals surface area contributed by atoms with Crippen molar-refractivity contribution in [2.45, 2.75) is 51.6 Å². The minimum absolute atomic E-state index is 0.0285. The molecule has 2 atom stereocenters. The molecule has 26 heavy (non-hydrogen) atoms. The summed E-state index contributed by atoms with van der Waals surface area (Å²) in [6, 6.07) is 5.85. The van der Waals surface area contributed by atoms with Crippen LogP contribution in [-0.4, -0.2) is 31.6 Å². The smallest absolute Gasteiger partial charge is 0.339 e. The number of amides is 1. The van der Waals surface area contributed by atoms with Crippen molar-refractivity contribution in [3.05, 3.63) is 39.7 Å². The monoisotopic (exact) mass is 358 g/mol. The molecule has 0 saturated carbocycles. The lowest BCUT2D eigenvalue weighted by Gasteiger charge is -2.30. The third-order valence-electron chi connectivity index (χ3n) is 5.20. The van der Waals surface area contributed by atoms with Crippen LogP contribution in [0.2, 0.25) is 0 Å². The fourth-order valence-electron chi connectivity index (χ4n) is 3.55. The fraction of sp³-hybridized carbons (Fsp3) is 0.500. The van der Waals surface area contributed by atoms with E-state index in [1.807, 2.05) is 19.1 Å². The Bertz CT molecular complexity index is 859. The van der Waals surface area contributed by atoms with E-state index < -0.39 is 0 Å². The molecule has 0 radical (unpaired) electrons. The molecule has 2 aromatic rings. The highest BCUT2D eigenvalue weighted by Crippen LogP contribution is 2.24. The largest absolute Gasteiger partial charge is 0.497 e. The third-order valence-corrected chi connectivity index (χ3v) is 5.20. The van der Waals surface area contributed by atoms with Crippen LogP contribution in [0.4, 0.5) is 0 Å². The second kappa shape index (κ2) is 7.91. The molecule has 0 aliphatic carbocycles. The highest BCUT2D eigenvalue weighted by molar-refractivity contribution is 5.82. The Hall–Kier alpha value is -2.34. The van der Waals surface area contributed by atoms with Gasteiger partial charge in [-0.25, -0.2) is 4.79 Å². The summed E-state index contributed by atoms with van der Waals surface area (Å²) in [7, 11) is 1.57. The molecule has 0 spiro atoms. The van der Waals surface area contributed by atoms with E-state index in [1.54, 1.807) is 13.2 Å². The molecule has 140 valence electrons. The summed E-state index contributed by atoms with van der Waals surface area (Å²) in [5.41, 5.74) is 1.54. The van der Waals surface area contributed by atoms with Gasteiger partial charge in [-0.1, -0.05) is 0 Å². The number of nitrogens with one attached hydrogen (secondary N) is 2. The number of benzene rings is 1. The molecule has 2 N–H and O–H groups in total. The van der Waals surface area contributed by atoms with Crippen molar-refractivity contribution in [2.75, 3.05) is 13.7 Å². The summed E-state index contributed by atoms with van der Waals surface area (Å²) < 4.78 is 10.6. The van der Waals surface area contributed by atoms with Gasteiger partial charge in [0.15, 0.2) is 0 Å². The molecule has 2 heterocycles. The zero-order valence-corrected chi connectivity index (χ0v) is 15.6. The van der Waals surface area contributed by atoms with Crippen LogP contribution in [-0.2, 0) is 11.2 Å². The molecular formula is C20H26N2O4. The Balaban J connectivity index is 1.72. The van der Waals surface area contributed by atoms with Gasteiger partial charge in [0.2, 0.25) is 5.91 Å². The van der Waals surface area contributed by atoms with Gasteiger partial charge in [0.05, 0.1) is 7.11 Å². The molecule has 0 bridgehead atoms. The van der Waals surface area contributed by atoms with Gasteiger partial charge in [0.1, 0.15) is 11.3 Å². The van der Waals surface area contributed by atoms with E-state index in [0.29, 0.717) is 23.3 Å². The summed E-state index contributed by atoms with van der Waals surface area (Å²) in [4.78, 5) is 24.7. The minimum Gasteiger partial charge on any atom is -0.497 e. The number of piperidine rings is 1. The van der Waals surface area contributed by atoms with Gasteiger partial charge in [-0.05, 0) is 57.4 Å². The molecule has 1 aromatic carbocycles. The highest BCUT2D eigenvalue weighted by Gasteiger charge is 2.22. The van der Waals surface area contributed by atoms with Gasteiger partial charge in [0.25, 0.3) is 0 Å². The van der Waals surface area contributed by atoms with Crippen LogP contribution < -0.4 is 21.0 Å². The van der Waals surface area contributed by atoms with Crippen LogP contribution in [0.3, 0.4) is 0 Å². The lowest BCUT2D eigenvalue weighted by molar-refractivity contribution is -0.122. The Morgan fingerprint density at radius 1 is 1.42 bits per heavy atom. The summed E-state index contributed by atoms with van der Waals surface area (Å²) >= 11 is 0. The van der Waals surface area contributed by atoms with Gasteiger partial charge in [0, 0.05) is 35.5 Å². The standard InChI is InChI=1S/C20H26N2O4/c1-12-15-7-6-14(25-3)11-18(15)26-20(24)16(12)8-9-19(23)22-17-5-4-10-21-13(17)2/h6-7,11,13,17,21H,4-5,8-10H2,1-3H3,(H,22,23). The number of hydrogen-bond acceptors (Lipinski definition) is 5. The Morgan fingerprint density at radius 3 is 2.96 bits per heavy atom. The number of rotatable bonds is 5. The maximum Gasteiger partial charge on any atom is 0.339 e. The number of carbonyl (C=O) groups excluding carboxylic acids is 1. The number of methoxy groups -OCH3 is 1. The summed E-state index contributed by atoms with van der Waals surface area (Å²) in [6.45, 7) is 4.97. The van der Waals surface area contributed by atoms with Crippen molar-refractivity contribution in [2.24, 2.45) is 0 Å². The molecule has 1 saturated heterocycles. The quantitative estimate of drug-likeness (QED) is 0.802. The second-order valence-corrected chi connectivity index (χ2v) is 6.91. The number of carbonyl (C=O) groups is 1. The average Bonchev–Trinajstić information content (AvgIpc) is 2.63. The lowest BCUT2D eigenvalue weighted by Crippen LogP contribution is -2.51. The first-order chi connectivity index (χ1) is 12.5. The van der Waals surface area contributed by atoms with Gasteiger partial charge in [-0.2, -0.15) is 0 Å². The average molecular weight is 358 g/mol. The van der Waals surface area contributed by atoms with Crippen molar-refractivity contribution in [3.63, 3.8) is 0 Å². The predicted octanol–water partition coefficient (Wildman–Crippen LogP) is 2.30. The van der Waals surface area contributed by atoms with Gasteiger partial charge < -0.3 is 19.8 Å². The van der Waals surface area contributed by atoms with Crippen LogP contribution in [0.5, 0.6) is 5.75 Å². The highest BCUT2D eigenvalue weighted by atomic mass is 16.5. The van der Waals surface area contributed by atoms with Crippen molar-refractivity contribution < 1.29 is 13.9 Å². The van der Waals surface area contributed by atoms with E-state index in [-0.39, 0.29) is 30.0 Å². The van der Waals surface area contributed by atoms with Gasteiger partial charge in [-0.3, -0.25) is 4.79 Å². The minimum atomic E-state index is -0.385. The zero-order valence-electron chi connectivity index (χ0n) is 15.6. The molecular weight excluding hydrogens is 332 g/mol. The Morgan fingerprint density at radius 2 is 2.23 bits per heavy atom. The zero-order chi connectivity index (χ0) is 18.7. The molecule has 1 aliphatic heterocycles. The maximum absolute atomic E-state index is 12.4. The first-order valence-electron chi connectivity index (χ1n) is 9.12. The van der Waals surface area contributed by atoms with Gasteiger partial charge >= 0.3 is 5.63 Å². The van der Waals surface area contributed by atoms with E-state index >= 15 is 0 Å². The van der Waals surface area contributed by atoms with E-state index in [2.05, 4.69) is 17.6 Å². The predicted molar refractivity (Wildman–Crippen MR) is 101 cm³/mol. The summed E-state index contributed by atoms with van der Waals surface area (Å²) in [6.07, 6.45) is 2.69. The van der Waals surface area contributed by atoms with Crippen molar-refractivity contribution in [1.29, 1.82) is 0 Å². The van der Waals surface area contributed by atoms with E-state index in [4.69, 9.17) is 9.15 Å². The number of ether oxygens (including phenoxy) is 1. The van der Waals surface area contributed by atoms with Crippen LogP contribution in [0.15, 0.2) is 27.4 Å². The molecule has 6 heteroatoms. The molecule has 2 unspecified atom stereocenters. The van der Waals surface area contributed by atoms with Crippen LogP contribution in [0.25, 0.3) is 11.0 Å². The first kappa shape index (κ1) is 18.5. The summed E-state index contributed by atoms with van der Waals surface area (Å²) in [5.74, 6) is 0.613. The molecule has 3 rings (SSSR count). The number of aryl methyl sites for hydroxylation is 1. The number of hydrogen-bond donors (Lipinski definition) is 2. The van der Waals surface area contributed by atoms with Gasteiger partial charge in [-0.15, -0.1) is 0 Å².